The minimum atomic E-state index is -1.64. The van der Waals surface area contributed by atoms with Crippen LogP contribution in [0.5, 0.6) is 0 Å². The quantitative estimate of drug-likeness (QED) is 0.207. The first kappa shape index (κ1) is 35.6. The average molecular weight is 693 g/mol. The molecule has 7 rings (SSSR count). The van der Waals surface area contributed by atoms with Crippen molar-refractivity contribution in [3.05, 3.63) is 46.0 Å². The molecule has 5 fully saturated rings. The number of aliphatic hydroxyl groups is 7. The minimum Gasteiger partial charge on any atom is -0.431 e. The van der Waals surface area contributed by atoms with E-state index in [2.05, 4.69) is 19.9 Å². The zero-order chi connectivity index (χ0) is 35.0. The summed E-state index contributed by atoms with van der Waals surface area (Å²) >= 11 is 0. The van der Waals surface area contributed by atoms with Gasteiger partial charge in [0.05, 0.1) is 30.7 Å². The number of hydrogen-bond acceptors (Lipinski definition) is 13. The van der Waals surface area contributed by atoms with E-state index in [-0.39, 0.29) is 34.2 Å². The highest BCUT2D eigenvalue weighted by molar-refractivity contribution is 5.31. The van der Waals surface area contributed by atoms with Gasteiger partial charge in [0.15, 0.2) is 12.6 Å². The van der Waals surface area contributed by atoms with Crippen LogP contribution in [0, 0.1) is 22.7 Å². The van der Waals surface area contributed by atoms with Crippen molar-refractivity contribution in [1.29, 1.82) is 0 Å². The van der Waals surface area contributed by atoms with Crippen molar-refractivity contribution in [2.45, 2.75) is 151 Å². The monoisotopic (exact) mass is 692 g/mol. The van der Waals surface area contributed by atoms with E-state index < -0.39 is 79.7 Å². The molecule has 0 radical (unpaired) electrons. The number of allylic oxidation sites excluding steroid dienone is 1. The standard InChI is InChI=1S/C36H52O13/c1-17-26(39)27(40)29(42)32(46-17)49-31-24(15-37)48-33(30(43)28(31)41)47-20-8-11-34(2)19(14-20)5-6-23-22(34)9-12-35(3)21(10-13-36(23,35)44)18-4-7-25(38)45-16-18/h4,7,14,16-17,20-24,26-33,37,39-44H,5-6,8-13,15H2,1-3H3/t17-,20-,21+,22+,23+,24+,26-,27+,28+,29+,30+,31+,32-,33+,34-,35+,36-/m0/s1. The van der Waals surface area contributed by atoms with Crippen molar-refractivity contribution >= 4 is 0 Å². The Morgan fingerprint density at radius 1 is 0.837 bits per heavy atom. The predicted molar refractivity (Wildman–Crippen MR) is 171 cm³/mol. The molecule has 17 atom stereocenters. The lowest BCUT2D eigenvalue weighted by Gasteiger charge is -2.62. The van der Waals surface area contributed by atoms with Gasteiger partial charge in [0, 0.05) is 11.5 Å². The number of ether oxygens (including phenoxy) is 4. The fourth-order valence-electron chi connectivity index (χ4n) is 10.7. The third kappa shape index (κ3) is 5.68. The smallest absolute Gasteiger partial charge is 0.335 e. The first-order valence-corrected chi connectivity index (χ1v) is 17.9. The molecule has 0 amide bonds. The molecule has 4 aliphatic carbocycles. The first-order chi connectivity index (χ1) is 23.2. The molecule has 0 spiro atoms. The maximum Gasteiger partial charge on any atom is 0.335 e. The highest BCUT2D eigenvalue weighted by Crippen LogP contribution is 2.70. The summed E-state index contributed by atoms with van der Waals surface area (Å²) in [6, 6.07) is 3.31. The molecule has 13 heteroatoms. The maximum atomic E-state index is 12.5. The van der Waals surface area contributed by atoms with Gasteiger partial charge in [-0.1, -0.05) is 25.5 Å². The topological polar surface area (TPSA) is 209 Å². The SMILES string of the molecule is C[C@@H]1O[C@@H](O[C@H]2[C@H](O)[C@@H](O)[C@H](O[C@@H]3C=C4CC[C@@H]5[C@@H](CC[C@]6(C)[C@@H](c7ccc(=O)oc7)CC[C@]56O)[C@@]4(C)CC3)O[C@@H]2CO)[C@H](O)[C@H](O)[C@H]1O. The fourth-order valence-corrected chi connectivity index (χ4v) is 10.7. The van der Waals surface area contributed by atoms with Crippen LogP contribution in [0.4, 0.5) is 0 Å². The normalized spacial score (nSPS) is 51.3. The van der Waals surface area contributed by atoms with Crippen LogP contribution in [-0.4, -0.2) is 115 Å². The van der Waals surface area contributed by atoms with Gasteiger partial charge in [-0.15, -0.1) is 0 Å². The molecule has 1 aromatic heterocycles. The molecule has 0 unspecified atom stereocenters. The van der Waals surface area contributed by atoms with Crippen molar-refractivity contribution in [1.82, 2.24) is 0 Å². The van der Waals surface area contributed by atoms with Crippen LogP contribution in [0.3, 0.4) is 0 Å². The van der Waals surface area contributed by atoms with Crippen molar-refractivity contribution in [2.75, 3.05) is 6.61 Å². The highest BCUT2D eigenvalue weighted by Gasteiger charge is 2.67. The molecule has 0 aromatic carbocycles. The van der Waals surface area contributed by atoms with E-state index in [1.807, 2.05) is 6.07 Å². The molecular formula is C36H52O13. The van der Waals surface area contributed by atoms with Gasteiger partial charge in [0.2, 0.25) is 0 Å². The van der Waals surface area contributed by atoms with Crippen LogP contribution < -0.4 is 5.63 Å². The molecule has 49 heavy (non-hydrogen) atoms. The fraction of sp³-hybridized carbons (Fsp3) is 0.806. The molecule has 0 bridgehead atoms. The number of hydrogen-bond donors (Lipinski definition) is 7. The Kier molecular flexibility index (Phi) is 9.48. The lowest BCUT2D eigenvalue weighted by molar-refractivity contribution is -0.359. The summed E-state index contributed by atoms with van der Waals surface area (Å²) in [5.74, 6) is 0.533. The molecule has 274 valence electrons. The Morgan fingerprint density at radius 2 is 1.57 bits per heavy atom. The third-order valence-corrected chi connectivity index (χ3v) is 13.6. The van der Waals surface area contributed by atoms with Crippen LogP contribution in [-0.2, 0) is 18.9 Å². The second kappa shape index (κ2) is 13.0. The number of rotatable bonds is 6. The minimum absolute atomic E-state index is 0.116. The van der Waals surface area contributed by atoms with Crippen LogP contribution in [0.2, 0.25) is 0 Å². The third-order valence-electron chi connectivity index (χ3n) is 13.6. The van der Waals surface area contributed by atoms with E-state index in [9.17, 15) is 40.5 Å². The van der Waals surface area contributed by atoms with Gasteiger partial charge in [-0.2, -0.15) is 0 Å². The zero-order valence-corrected chi connectivity index (χ0v) is 28.3. The van der Waals surface area contributed by atoms with Gasteiger partial charge in [-0.3, -0.25) is 0 Å². The van der Waals surface area contributed by atoms with E-state index in [0.29, 0.717) is 12.8 Å². The van der Waals surface area contributed by atoms with Crippen LogP contribution in [0.25, 0.3) is 0 Å². The Bertz CT molecular complexity index is 1430. The molecule has 3 heterocycles. The summed E-state index contributed by atoms with van der Waals surface area (Å²) in [4.78, 5) is 11.6. The van der Waals surface area contributed by atoms with Crippen molar-refractivity contribution in [3.8, 4) is 0 Å². The van der Waals surface area contributed by atoms with Crippen molar-refractivity contribution < 1.29 is 59.1 Å². The Labute approximate surface area is 285 Å². The van der Waals surface area contributed by atoms with Gasteiger partial charge in [0.1, 0.15) is 42.7 Å². The summed E-state index contributed by atoms with van der Waals surface area (Å²) in [5.41, 5.74) is 0.574. The molecule has 6 aliphatic rings. The van der Waals surface area contributed by atoms with Crippen molar-refractivity contribution in [3.63, 3.8) is 0 Å². The second-order valence-electron chi connectivity index (χ2n) is 15.9. The largest absolute Gasteiger partial charge is 0.431 e. The molecule has 1 aromatic rings. The van der Waals surface area contributed by atoms with E-state index in [4.69, 9.17) is 23.4 Å². The van der Waals surface area contributed by atoms with Gasteiger partial charge >= 0.3 is 5.63 Å². The molecule has 2 aliphatic heterocycles. The number of aliphatic hydroxyl groups excluding tert-OH is 6. The molecule has 13 nitrogen and oxygen atoms in total. The Hall–Kier alpha value is -1.75. The Morgan fingerprint density at radius 3 is 2.29 bits per heavy atom. The second-order valence-corrected chi connectivity index (χ2v) is 15.9. The molecule has 3 saturated carbocycles. The summed E-state index contributed by atoms with van der Waals surface area (Å²) in [5, 5.41) is 75.3. The molecular weight excluding hydrogens is 640 g/mol. The summed E-state index contributed by atoms with van der Waals surface area (Å²) in [6.45, 7) is 5.41. The maximum absolute atomic E-state index is 12.5. The lowest BCUT2D eigenvalue weighted by atomic mass is 9.45. The van der Waals surface area contributed by atoms with Gasteiger partial charge in [-0.25, -0.2) is 4.79 Å². The molecule has 2 saturated heterocycles. The van der Waals surface area contributed by atoms with E-state index in [1.165, 1.54) is 18.6 Å². The summed E-state index contributed by atoms with van der Waals surface area (Å²) in [7, 11) is 0. The van der Waals surface area contributed by atoms with E-state index >= 15 is 0 Å². The Balaban J connectivity index is 1.03. The highest BCUT2D eigenvalue weighted by atomic mass is 16.7. The molecule has 7 N–H and O–H groups in total. The van der Waals surface area contributed by atoms with E-state index in [0.717, 1.165) is 44.1 Å². The van der Waals surface area contributed by atoms with Crippen LogP contribution >= 0.6 is 0 Å². The summed E-state index contributed by atoms with van der Waals surface area (Å²) < 4.78 is 28.6. The van der Waals surface area contributed by atoms with Crippen LogP contribution in [0.1, 0.15) is 83.6 Å². The van der Waals surface area contributed by atoms with Gasteiger partial charge in [0.25, 0.3) is 0 Å². The predicted octanol–water partition coefficient (Wildman–Crippen LogP) is 0.838. The summed E-state index contributed by atoms with van der Waals surface area (Å²) in [6.07, 6.45) is -3.99. The van der Waals surface area contributed by atoms with Crippen molar-refractivity contribution in [2.24, 2.45) is 22.7 Å². The zero-order valence-electron chi connectivity index (χ0n) is 28.3. The van der Waals surface area contributed by atoms with Gasteiger partial charge < -0.3 is 59.1 Å². The first-order valence-electron chi connectivity index (χ1n) is 17.9. The number of fused-ring (bicyclic) bond motifs is 5. The average Bonchev–Trinajstić information content (AvgIpc) is 3.37. The van der Waals surface area contributed by atoms with E-state index in [1.54, 1.807) is 6.26 Å². The van der Waals surface area contributed by atoms with Gasteiger partial charge in [-0.05, 0) is 93.1 Å². The van der Waals surface area contributed by atoms with Crippen LogP contribution in [0.15, 0.2) is 39.3 Å². The lowest BCUT2D eigenvalue weighted by Crippen LogP contribution is -2.64.